The number of nitriles is 1. The van der Waals surface area contributed by atoms with Gasteiger partial charge in [0, 0.05) is 19.2 Å². The van der Waals surface area contributed by atoms with E-state index in [0.29, 0.717) is 12.1 Å². The molecule has 2 rings (SSSR count). The Labute approximate surface area is 129 Å². The minimum absolute atomic E-state index is 0.322. The van der Waals surface area contributed by atoms with Gasteiger partial charge in [0.2, 0.25) is 0 Å². The molecule has 1 saturated heterocycles. The Balaban J connectivity index is 1.61. The predicted octanol–water partition coefficient (Wildman–Crippen LogP) is 2.69. The maximum absolute atomic E-state index is 9.36. The van der Waals surface area contributed by atoms with Gasteiger partial charge in [-0.15, -0.1) is 0 Å². The van der Waals surface area contributed by atoms with Gasteiger partial charge in [0.1, 0.15) is 5.54 Å². The summed E-state index contributed by atoms with van der Waals surface area (Å²) in [5.74, 6) is 0. The lowest BCUT2D eigenvalue weighted by Gasteiger charge is -2.32. The van der Waals surface area contributed by atoms with Crippen LogP contribution in [0.3, 0.4) is 0 Å². The lowest BCUT2D eigenvalue weighted by Crippen LogP contribution is -2.43. The van der Waals surface area contributed by atoms with E-state index in [0.717, 1.165) is 32.5 Å². The van der Waals surface area contributed by atoms with Crippen LogP contribution in [0.1, 0.15) is 58.8 Å². The van der Waals surface area contributed by atoms with E-state index in [9.17, 15) is 5.26 Å². The molecule has 1 saturated carbocycles. The van der Waals surface area contributed by atoms with Gasteiger partial charge in [-0.3, -0.25) is 5.32 Å². The zero-order valence-corrected chi connectivity index (χ0v) is 13.7. The smallest absolute Gasteiger partial charge is 0.104 e. The summed E-state index contributed by atoms with van der Waals surface area (Å²) in [6.45, 7) is 8.40. The Hall–Kier alpha value is -0.630. The SMILES string of the molecule is CCOC1CCCN(CCCCC(C)(C#N)NC2CC2)C1. The fraction of sp³-hybridized carbons (Fsp3) is 0.941. The van der Waals surface area contributed by atoms with E-state index in [-0.39, 0.29) is 5.54 Å². The van der Waals surface area contributed by atoms with Gasteiger partial charge in [-0.1, -0.05) is 0 Å². The summed E-state index contributed by atoms with van der Waals surface area (Å²) in [6.07, 6.45) is 8.65. The first-order valence-electron chi connectivity index (χ1n) is 8.68. The van der Waals surface area contributed by atoms with Crippen molar-refractivity contribution in [1.29, 1.82) is 5.26 Å². The molecule has 21 heavy (non-hydrogen) atoms. The van der Waals surface area contributed by atoms with Crippen molar-refractivity contribution in [3.63, 3.8) is 0 Å². The molecule has 1 aliphatic carbocycles. The number of rotatable bonds is 9. The molecular formula is C17H31N3O. The summed E-state index contributed by atoms with van der Waals surface area (Å²) < 4.78 is 5.75. The van der Waals surface area contributed by atoms with E-state index >= 15 is 0 Å². The largest absolute Gasteiger partial charge is 0.377 e. The second-order valence-electron chi connectivity index (χ2n) is 6.84. The van der Waals surface area contributed by atoms with Crippen LogP contribution in [0.15, 0.2) is 0 Å². The van der Waals surface area contributed by atoms with E-state index in [1.807, 2.05) is 0 Å². The summed E-state index contributed by atoms with van der Waals surface area (Å²) in [6, 6.07) is 3.07. The van der Waals surface area contributed by atoms with Crippen molar-refractivity contribution in [3.8, 4) is 6.07 Å². The normalized spacial score (nSPS) is 26.2. The second kappa shape index (κ2) is 8.12. The topological polar surface area (TPSA) is 48.3 Å². The van der Waals surface area contributed by atoms with E-state index in [2.05, 4.69) is 30.1 Å². The van der Waals surface area contributed by atoms with Gasteiger partial charge >= 0.3 is 0 Å². The summed E-state index contributed by atoms with van der Waals surface area (Å²) in [4.78, 5) is 2.53. The van der Waals surface area contributed by atoms with Crippen molar-refractivity contribution in [3.05, 3.63) is 0 Å². The molecule has 0 radical (unpaired) electrons. The Morgan fingerprint density at radius 3 is 2.81 bits per heavy atom. The summed E-state index contributed by atoms with van der Waals surface area (Å²) in [7, 11) is 0. The molecule has 0 spiro atoms. The van der Waals surface area contributed by atoms with Crippen LogP contribution in [0.2, 0.25) is 0 Å². The van der Waals surface area contributed by atoms with Crippen molar-refractivity contribution < 1.29 is 4.74 Å². The molecule has 1 heterocycles. The zero-order chi connectivity index (χ0) is 15.1. The van der Waals surface area contributed by atoms with Crippen molar-refractivity contribution in [1.82, 2.24) is 10.2 Å². The van der Waals surface area contributed by atoms with Crippen molar-refractivity contribution in [2.24, 2.45) is 0 Å². The third kappa shape index (κ3) is 5.94. The van der Waals surface area contributed by atoms with Crippen LogP contribution in [0.25, 0.3) is 0 Å². The monoisotopic (exact) mass is 293 g/mol. The quantitative estimate of drug-likeness (QED) is 0.664. The Bertz CT molecular complexity index is 348. The lowest BCUT2D eigenvalue weighted by atomic mass is 9.96. The van der Waals surface area contributed by atoms with Crippen molar-refractivity contribution >= 4 is 0 Å². The fourth-order valence-electron chi connectivity index (χ4n) is 3.24. The molecule has 0 bridgehead atoms. The van der Waals surface area contributed by atoms with Gasteiger partial charge in [-0.25, -0.2) is 0 Å². The summed E-state index contributed by atoms with van der Waals surface area (Å²) >= 11 is 0. The molecule has 2 unspecified atom stereocenters. The molecule has 4 nitrogen and oxygen atoms in total. The fourth-order valence-corrected chi connectivity index (χ4v) is 3.24. The van der Waals surface area contributed by atoms with Gasteiger partial charge in [0.15, 0.2) is 0 Å². The highest BCUT2D eigenvalue weighted by Crippen LogP contribution is 2.25. The van der Waals surface area contributed by atoms with Gasteiger partial charge in [-0.2, -0.15) is 5.26 Å². The standard InChI is InChI=1S/C17H31N3O/c1-3-21-16-7-6-12-20(13-16)11-5-4-10-17(2,14-18)19-15-8-9-15/h15-16,19H,3-13H2,1-2H3. The Morgan fingerprint density at radius 1 is 1.33 bits per heavy atom. The van der Waals surface area contributed by atoms with Crippen LogP contribution >= 0.6 is 0 Å². The Kier molecular flexibility index (Phi) is 6.47. The number of hydrogen-bond donors (Lipinski definition) is 1. The molecule has 2 atom stereocenters. The summed E-state index contributed by atoms with van der Waals surface area (Å²) in [5, 5.41) is 12.8. The van der Waals surface area contributed by atoms with Crippen LogP contribution < -0.4 is 5.32 Å². The number of nitrogens with zero attached hydrogens (tertiary/aromatic N) is 2. The first-order valence-corrected chi connectivity index (χ1v) is 8.68. The summed E-state index contributed by atoms with van der Waals surface area (Å²) in [5.41, 5.74) is -0.322. The average molecular weight is 293 g/mol. The first-order chi connectivity index (χ1) is 10.1. The maximum atomic E-state index is 9.36. The van der Waals surface area contributed by atoms with Crippen LogP contribution in [0, 0.1) is 11.3 Å². The predicted molar refractivity (Wildman–Crippen MR) is 85.1 cm³/mol. The van der Waals surface area contributed by atoms with Crippen molar-refractivity contribution in [2.75, 3.05) is 26.2 Å². The molecule has 1 N–H and O–H groups in total. The van der Waals surface area contributed by atoms with Gasteiger partial charge in [-0.05, 0) is 71.9 Å². The molecule has 4 heteroatoms. The number of unbranched alkanes of at least 4 members (excludes halogenated alkanes) is 1. The number of hydrogen-bond acceptors (Lipinski definition) is 4. The highest BCUT2D eigenvalue weighted by atomic mass is 16.5. The molecule has 2 aliphatic rings. The first kappa shape index (κ1) is 16.7. The van der Waals surface area contributed by atoms with E-state index in [4.69, 9.17) is 4.74 Å². The molecule has 0 amide bonds. The van der Waals surface area contributed by atoms with Crippen molar-refractivity contribution in [2.45, 2.75) is 76.5 Å². The van der Waals surface area contributed by atoms with Crippen LogP contribution in [-0.4, -0.2) is 48.8 Å². The maximum Gasteiger partial charge on any atom is 0.104 e. The third-order valence-electron chi connectivity index (χ3n) is 4.61. The minimum atomic E-state index is -0.322. The van der Waals surface area contributed by atoms with Crippen LogP contribution in [0.5, 0.6) is 0 Å². The van der Waals surface area contributed by atoms with E-state index < -0.39 is 0 Å². The number of nitrogens with one attached hydrogen (secondary N) is 1. The molecule has 1 aliphatic heterocycles. The highest BCUT2D eigenvalue weighted by molar-refractivity contribution is 5.06. The van der Waals surface area contributed by atoms with Gasteiger partial charge in [0.05, 0.1) is 12.2 Å². The second-order valence-corrected chi connectivity index (χ2v) is 6.84. The highest BCUT2D eigenvalue weighted by Gasteiger charge is 2.32. The van der Waals surface area contributed by atoms with E-state index in [1.54, 1.807) is 0 Å². The molecule has 120 valence electrons. The molecular weight excluding hydrogens is 262 g/mol. The Morgan fingerprint density at radius 2 is 2.14 bits per heavy atom. The molecule has 0 aromatic heterocycles. The van der Waals surface area contributed by atoms with Gasteiger partial charge in [0.25, 0.3) is 0 Å². The van der Waals surface area contributed by atoms with Crippen LogP contribution in [0.4, 0.5) is 0 Å². The average Bonchev–Trinajstić information content (AvgIpc) is 3.28. The van der Waals surface area contributed by atoms with Crippen LogP contribution in [-0.2, 0) is 4.74 Å². The third-order valence-corrected chi connectivity index (χ3v) is 4.61. The number of piperidine rings is 1. The lowest BCUT2D eigenvalue weighted by molar-refractivity contribution is 0.00551. The number of ether oxygens (including phenoxy) is 1. The zero-order valence-electron chi connectivity index (χ0n) is 13.7. The molecule has 0 aromatic rings. The number of likely N-dealkylation sites (tertiary alicyclic amines) is 1. The van der Waals surface area contributed by atoms with E-state index in [1.165, 1.54) is 38.6 Å². The van der Waals surface area contributed by atoms with Gasteiger partial charge < -0.3 is 9.64 Å². The minimum Gasteiger partial charge on any atom is -0.377 e. The molecule has 2 fully saturated rings. The molecule has 0 aromatic carbocycles.